The van der Waals surface area contributed by atoms with E-state index in [0.717, 1.165) is 12.8 Å². The summed E-state index contributed by atoms with van der Waals surface area (Å²) in [5.41, 5.74) is -0.805. The fraction of sp³-hybridized carbons (Fsp3) is 0.462. The molecule has 4 heterocycles. The van der Waals surface area contributed by atoms with Crippen LogP contribution in [-0.4, -0.2) is 27.0 Å². The van der Waals surface area contributed by atoms with Gasteiger partial charge >= 0.3 is 0 Å². The molecule has 6 nitrogen and oxygen atoms in total. The minimum atomic E-state index is -0.333. The third kappa shape index (κ3) is 1.32. The lowest BCUT2D eigenvalue weighted by molar-refractivity contribution is 0.00546. The van der Waals surface area contributed by atoms with Gasteiger partial charge in [0.1, 0.15) is 0 Å². The van der Waals surface area contributed by atoms with Crippen LogP contribution in [0.5, 0.6) is 0 Å². The Hall–Kier alpha value is -1.95. The van der Waals surface area contributed by atoms with Gasteiger partial charge in [-0.05, 0) is 6.92 Å². The summed E-state index contributed by atoms with van der Waals surface area (Å²) in [7, 11) is 0. The van der Waals surface area contributed by atoms with Crippen LogP contribution >= 0.6 is 0 Å². The van der Waals surface area contributed by atoms with Crippen molar-refractivity contribution >= 4 is 10.8 Å². The highest BCUT2D eigenvalue weighted by atomic mass is 16.5. The summed E-state index contributed by atoms with van der Waals surface area (Å²) in [6.45, 7) is 2.63. The van der Waals surface area contributed by atoms with Gasteiger partial charge in [0, 0.05) is 30.5 Å². The molecule has 3 fully saturated rings. The molecule has 5 rings (SSSR count). The molecule has 98 valence electrons. The van der Waals surface area contributed by atoms with E-state index in [1.54, 1.807) is 17.0 Å². The lowest BCUT2D eigenvalue weighted by Crippen LogP contribution is -2.52. The SMILES string of the molecule is CC12CC(n3cc4cn[nH]c(=O)c4cc3=O)(CO1)C2. The van der Waals surface area contributed by atoms with Gasteiger partial charge in [0.05, 0.1) is 29.3 Å². The predicted octanol–water partition coefficient (Wildman–Crippen LogP) is 0.363. The lowest BCUT2D eigenvalue weighted by Gasteiger charge is -2.43. The smallest absolute Gasteiger partial charge is 0.272 e. The highest BCUT2D eigenvalue weighted by Crippen LogP contribution is 2.55. The maximum absolute atomic E-state index is 12.2. The molecule has 0 aromatic carbocycles. The van der Waals surface area contributed by atoms with Gasteiger partial charge in [-0.1, -0.05) is 0 Å². The molecule has 3 aliphatic rings. The zero-order chi connectivity index (χ0) is 13.3. The number of nitrogens with zero attached hydrogens (tertiary/aromatic N) is 2. The normalized spacial score (nSPS) is 32.5. The Morgan fingerprint density at radius 3 is 2.89 bits per heavy atom. The molecule has 2 aliphatic heterocycles. The number of pyridine rings is 1. The van der Waals surface area contributed by atoms with E-state index in [2.05, 4.69) is 17.1 Å². The van der Waals surface area contributed by atoms with Gasteiger partial charge in [-0.15, -0.1) is 0 Å². The Labute approximate surface area is 108 Å². The predicted molar refractivity (Wildman–Crippen MR) is 68.2 cm³/mol. The van der Waals surface area contributed by atoms with Crippen LogP contribution in [-0.2, 0) is 10.3 Å². The third-order valence-corrected chi connectivity index (χ3v) is 4.31. The first-order chi connectivity index (χ1) is 9.01. The number of aromatic amines is 1. The molecule has 2 aromatic heterocycles. The van der Waals surface area contributed by atoms with Crippen molar-refractivity contribution in [3.63, 3.8) is 0 Å². The summed E-state index contributed by atoms with van der Waals surface area (Å²) >= 11 is 0. The van der Waals surface area contributed by atoms with Gasteiger partial charge in [0.25, 0.3) is 11.1 Å². The summed E-state index contributed by atoms with van der Waals surface area (Å²) in [5.74, 6) is 0. The van der Waals surface area contributed by atoms with E-state index in [-0.39, 0.29) is 22.3 Å². The molecule has 0 radical (unpaired) electrons. The average Bonchev–Trinajstić information content (AvgIpc) is 2.84. The highest BCUT2D eigenvalue weighted by molar-refractivity contribution is 5.79. The van der Waals surface area contributed by atoms with Crippen molar-refractivity contribution in [3.8, 4) is 0 Å². The van der Waals surface area contributed by atoms with Crippen molar-refractivity contribution < 1.29 is 4.74 Å². The van der Waals surface area contributed by atoms with Gasteiger partial charge in [0.2, 0.25) is 0 Å². The van der Waals surface area contributed by atoms with E-state index in [4.69, 9.17) is 4.74 Å². The van der Waals surface area contributed by atoms with Crippen molar-refractivity contribution in [3.05, 3.63) is 39.2 Å². The zero-order valence-corrected chi connectivity index (χ0v) is 10.5. The fourth-order valence-electron chi connectivity index (χ4n) is 3.53. The van der Waals surface area contributed by atoms with Gasteiger partial charge in [-0.2, -0.15) is 5.10 Å². The third-order valence-electron chi connectivity index (χ3n) is 4.31. The van der Waals surface area contributed by atoms with Crippen LogP contribution in [0.25, 0.3) is 10.8 Å². The molecule has 0 spiro atoms. The first-order valence-corrected chi connectivity index (χ1v) is 6.26. The minimum Gasteiger partial charge on any atom is -0.373 e. The second-order valence-corrected chi connectivity index (χ2v) is 5.87. The second-order valence-electron chi connectivity index (χ2n) is 5.87. The Morgan fingerprint density at radius 1 is 1.42 bits per heavy atom. The first-order valence-electron chi connectivity index (χ1n) is 6.26. The Kier molecular flexibility index (Phi) is 1.80. The van der Waals surface area contributed by atoms with Gasteiger partial charge in [-0.3, -0.25) is 9.59 Å². The van der Waals surface area contributed by atoms with Crippen molar-refractivity contribution in [2.75, 3.05) is 6.61 Å². The number of rotatable bonds is 1. The number of nitrogens with one attached hydrogen (secondary N) is 1. The summed E-state index contributed by atoms with van der Waals surface area (Å²) in [6, 6.07) is 1.39. The molecule has 19 heavy (non-hydrogen) atoms. The van der Waals surface area contributed by atoms with Crippen LogP contribution in [0.1, 0.15) is 19.8 Å². The molecule has 1 N–H and O–H groups in total. The van der Waals surface area contributed by atoms with Crippen molar-refractivity contribution in [2.24, 2.45) is 0 Å². The molecule has 0 amide bonds. The molecule has 1 aliphatic carbocycles. The summed E-state index contributed by atoms with van der Waals surface area (Å²) in [5, 5.41) is 7.17. The van der Waals surface area contributed by atoms with Crippen LogP contribution in [0, 0.1) is 0 Å². The number of H-pyrrole nitrogens is 1. The molecular weight excluding hydrogens is 246 g/mol. The van der Waals surface area contributed by atoms with E-state index in [1.807, 2.05) is 0 Å². The van der Waals surface area contributed by atoms with Crippen molar-refractivity contribution in [1.29, 1.82) is 0 Å². The molecule has 1 saturated carbocycles. The highest BCUT2D eigenvalue weighted by Gasteiger charge is 2.61. The summed E-state index contributed by atoms with van der Waals surface area (Å²) in [6.07, 6.45) is 5.00. The maximum atomic E-state index is 12.2. The summed E-state index contributed by atoms with van der Waals surface area (Å²) < 4.78 is 7.43. The average molecular weight is 259 g/mol. The standard InChI is InChI=1S/C13H13N3O3/c1-12-5-13(6-12,7-19-12)16-4-8-3-14-15-11(18)9(8)2-10(16)17/h2-4H,5-7H2,1H3,(H,15,18). The molecule has 2 aromatic rings. The van der Waals surface area contributed by atoms with E-state index < -0.39 is 0 Å². The fourth-order valence-corrected chi connectivity index (χ4v) is 3.53. The zero-order valence-electron chi connectivity index (χ0n) is 10.5. The van der Waals surface area contributed by atoms with Crippen LogP contribution in [0.2, 0.25) is 0 Å². The maximum Gasteiger partial charge on any atom is 0.272 e. The van der Waals surface area contributed by atoms with E-state index in [1.165, 1.54) is 6.07 Å². The number of aromatic nitrogens is 3. The lowest BCUT2D eigenvalue weighted by atomic mass is 9.69. The van der Waals surface area contributed by atoms with E-state index >= 15 is 0 Å². The monoisotopic (exact) mass is 259 g/mol. The van der Waals surface area contributed by atoms with E-state index in [0.29, 0.717) is 17.4 Å². The number of ether oxygens (including phenoxy) is 1. The van der Waals surface area contributed by atoms with Gasteiger partial charge in [-0.25, -0.2) is 5.10 Å². The molecule has 6 heteroatoms. The quantitative estimate of drug-likeness (QED) is 0.802. The Bertz CT molecular complexity index is 799. The Balaban J connectivity index is 1.95. The van der Waals surface area contributed by atoms with Crippen LogP contribution < -0.4 is 11.1 Å². The van der Waals surface area contributed by atoms with Gasteiger partial charge in [0.15, 0.2) is 0 Å². The summed E-state index contributed by atoms with van der Waals surface area (Å²) in [4.78, 5) is 23.9. The number of hydrogen-bond donors (Lipinski definition) is 1. The molecule has 2 bridgehead atoms. The van der Waals surface area contributed by atoms with E-state index in [9.17, 15) is 9.59 Å². The van der Waals surface area contributed by atoms with Crippen LogP contribution in [0.3, 0.4) is 0 Å². The second kappa shape index (κ2) is 3.14. The first kappa shape index (κ1) is 10.9. The van der Waals surface area contributed by atoms with Gasteiger partial charge < -0.3 is 9.30 Å². The molecule has 0 unspecified atom stereocenters. The van der Waals surface area contributed by atoms with Crippen LogP contribution in [0.15, 0.2) is 28.0 Å². The molecular formula is C13H13N3O3. The number of fused-ring (bicyclic) bond motifs is 2. The number of hydrogen-bond acceptors (Lipinski definition) is 4. The Morgan fingerprint density at radius 2 is 2.21 bits per heavy atom. The molecule has 2 saturated heterocycles. The van der Waals surface area contributed by atoms with Crippen molar-refractivity contribution in [2.45, 2.75) is 30.9 Å². The topological polar surface area (TPSA) is 77.0 Å². The van der Waals surface area contributed by atoms with Crippen molar-refractivity contribution in [1.82, 2.24) is 14.8 Å². The molecule has 0 atom stereocenters. The minimum absolute atomic E-state index is 0.0825. The van der Waals surface area contributed by atoms with Crippen LogP contribution in [0.4, 0.5) is 0 Å². The largest absolute Gasteiger partial charge is 0.373 e.